The molecule has 1 fully saturated rings. The smallest absolute Gasteiger partial charge is 0.135 e. The molecule has 1 atom stereocenters. The Morgan fingerprint density at radius 3 is 2.75 bits per heavy atom. The zero-order valence-corrected chi connectivity index (χ0v) is 14.4. The second-order valence-electron chi connectivity index (χ2n) is 6.26. The molecule has 3 nitrogen and oxygen atoms in total. The molecule has 1 saturated heterocycles. The molecule has 1 aliphatic rings. The summed E-state index contributed by atoms with van der Waals surface area (Å²) in [6, 6.07) is 15.8. The van der Waals surface area contributed by atoms with E-state index < -0.39 is 0 Å². The molecule has 0 aromatic heterocycles. The van der Waals surface area contributed by atoms with Gasteiger partial charge in [-0.3, -0.25) is 4.90 Å². The van der Waals surface area contributed by atoms with Crippen molar-refractivity contribution in [3.63, 3.8) is 0 Å². The van der Waals surface area contributed by atoms with Gasteiger partial charge in [-0.1, -0.05) is 42.5 Å². The van der Waals surface area contributed by atoms with Gasteiger partial charge in [0.2, 0.25) is 0 Å². The monoisotopic (exact) mass is 343 g/mol. The molecule has 0 spiro atoms. The van der Waals surface area contributed by atoms with Gasteiger partial charge >= 0.3 is 0 Å². The molecule has 2 aromatic rings. The van der Waals surface area contributed by atoms with Gasteiger partial charge in [-0.2, -0.15) is 0 Å². The number of nitrogens with one attached hydrogen (secondary N) is 1. The van der Waals surface area contributed by atoms with Crippen LogP contribution >= 0.6 is 12.2 Å². The van der Waals surface area contributed by atoms with E-state index >= 15 is 0 Å². The number of halogens is 1. The fourth-order valence-corrected chi connectivity index (χ4v) is 3.36. The highest BCUT2D eigenvalue weighted by molar-refractivity contribution is 7.80. The molecule has 126 valence electrons. The van der Waals surface area contributed by atoms with Crippen molar-refractivity contribution >= 4 is 22.9 Å². The van der Waals surface area contributed by atoms with Crippen molar-refractivity contribution in [2.45, 2.75) is 25.4 Å². The van der Waals surface area contributed by atoms with Crippen LogP contribution in [0.2, 0.25) is 0 Å². The maximum atomic E-state index is 14.0. The van der Waals surface area contributed by atoms with Crippen LogP contribution in [-0.4, -0.2) is 29.0 Å². The van der Waals surface area contributed by atoms with E-state index in [2.05, 4.69) is 34.5 Å². The van der Waals surface area contributed by atoms with Crippen molar-refractivity contribution in [2.24, 2.45) is 5.73 Å². The fraction of sp³-hybridized carbons (Fsp3) is 0.316. The zero-order chi connectivity index (χ0) is 16.9. The number of nitrogens with zero attached hydrogens (tertiary/aromatic N) is 1. The lowest BCUT2D eigenvalue weighted by molar-refractivity contribution is 0.208. The van der Waals surface area contributed by atoms with Gasteiger partial charge in [0.25, 0.3) is 0 Å². The number of nitrogens with two attached hydrogens (primary N) is 1. The van der Waals surface area contributed by atoms with Crippen LogP contribution in [0, 0.1) is 5.82 Å². The number of thiocarbonyl (C=S) groups is 1. The number of likely N-dealkylation sites (tertiary alicyclic amines) is 1. The van der Waals surface area contributed by atoms with Crippen LogP contribution in [-0.2, 0) is 6.54 Å². The molecule has 3 N–H and O–H groups in total. The van der Waals surface area contributed by atoms with E-state index in [4.69, 9.17) is 18.0 Å². The average Bonchev–Trinajstić information content (AvgIpc) is 2.56. The largest absolute Gasteiger partial charge is 0.389 e. The lowest BCUT2D eigenvalue weighted by Gasteiger charge is -2.33. The van der Waals surface area contributed by atoms with Crippen LogP contribution in [0.1, 0.15) is 24.0 Å². The Balaban J connectivity index is 1.61. The zero-order valence-electron chi connectivity index (χ0n) is 13.5. The maximum absolute atomic E-state index is 14.0. The summed E-state index contributed by atoms with van der Waals surface area (Å²) in [6.07, 6.45) is 2.22. The third kappa shape index (κ3) is 4.30. The first kappa shape index (κ1) is 16.9. The average molecular weight is 343 g/mol. The minimum absolute atomic E-state index is 0.0887. The summed E-state index contributed by atoms with van der Waals surface area (Å²) in [4.78, 5) is 2.53. The number of rotatable bonds is 5. The maximum Gasteiger partial charge on any atom is 0.135 e. The Morgan fingerprint density at radius 2 is 2.04 bits per heavy atom. The Labute approximate surface area is 147 Å². The summed E-state index contributed by atoms with van der Waals surface area (Å²) in [5, 5.41) is 3.44. The van der Waals surface area contributed by atoms with Gasteiger partial charge in [0.1, 0.15) is 10.8 Å². The molecule has 0 aliphatic carbocycles. The number of hydrogen-bond acceptors (Lipinski definition) is 3. The van der Waals surface area contributed by atoms with Gasteiger partial charge in [0, 0.05) is 30.4 Å². The van der Waals surface area contributed by atoms with Gasteiger partial charge < -0.3 is 11.1 Å². The highest BCUT2D eigenvalue weighted by Gasteiger charge is 2.20. The van der Waals surface area contributed by atoms with Gasteiger partial charge in [0.15, 0.2) is 0 Å². The van der Waals surface area contributed by atoms with E-state index in [0.717, 1.165) is 38.2 Å². The quantitative estimate of drug-likeness (QED) is 0.815. The van der Waals surface area contributed by atoms with Crippen LogP contribution in [0.3, 0.4) is 0 Å². The Hall–Kier alpha value is -1.98. The van der Waals surface area contributed by atoms with E-state index in [1.807, 2.05) is 12.1 Å². The second kappa shape index (κ2) is 7.73. The number of hydrogen-bond donors (Lipinski definition) is 2. The summed E-state index contributed by atoms with van der Waals surface area (Å²) < 4.78 is 14.0. The van der Waals surface area contributed by atoms with Crippen LogP contribution < -0.4 is 11.1 Å². The van der Waals surface area contributed by atoms with Crippen molar-refractivity contribution in [1.29, 1.82) is 0 Å². The topological polar surface area (TPSA) is 41.3 Å². The minimum Gasteiger partial charge on any atom is -0.389 e. The lowest BCUT2D eigenvalue weighted by atomic mass is 10.0. The first-order chi connectivity index (χ1) is 11.6. The van der Waals surface area contributed by atoms with E-state index in [0.29, 0.717) is 11.6 Å². The standard InChI is InChI=1S/C19H22FN3S/c20-18-11-15(8-9-17(18)19(21)24)22-16-7-4-10-23(13-16)12-14-5-2-1-3-6-14/h1-3,5-6,8-9,11,16,22H,4,7,10,12-13H2,(H2,21,24). The molecule has 0 amide bonds. The molecule has 1 heterocycles. The first-order valence-electron chi connectivity index (χ1n) is 8.24. The Kier molecular flexibility index (Phi) is 5.43. The molecule has 3 rings (SSSR count). The predicted octanol–water partition coefficient (Wildman–Crippen LogP) is 3.54. The van der Waals surface area contributed by atoms with E-state index in [1.165, 1.54) is 11.6 Å². The molecule has 0 bridgehead atoms. The summed E-state index contributed by atoms with van der Waals surface area (Å²) in [7, 11) is 0. The van der Waals surface area contributed by atoms with Gasteiger partial charge in [0.05, 0.1) is 0 Å². The minimum atomic E-state index is -0.371. The van der Waals surface area contributed by atoms with Crippen molar-refractivity contribution < 1.29 is 4.39 Å². The summed E-state index contributed by atoms with van der Waals surface area (Å²) in [5.41, 5.74) is 7.90. The van der Waals surface area contributed by atoms with E-state index in [-0.39, 0.29) is 10.8 Å². The highest BCUT2D eigenvalue weighted by Crippen LogP contribution is 2.20. The molecule has 1 aliphatic heterocycles. The molecular weight excluding hydrogens is 321 g/mol. The second-order valence-corrected chi connectivity index (χ2v) is 6.70. The predicted molar refractivity (Wildman–Crippen MR) is 101 cm³/mol. The lowest BCUT2D eigenvalue weighted by Crippen LogP contribution is -2.41. The molecule has 0 saturated carbocycles. The van der Waals surface area contributed by atoms with Crippen LogP contribution in [0.5, 0.6) is 0 Å². The molecular formula is C19H22FN3S. The van der Waals surface area contributed by atoms with Crippen molar-refractivity contribution in [3.8, 4) is 0 Å². The van der Waals surface area contributed by atoms with Gasteiger partial charge in [-0.15, -0.1) is 0 Å². The van der Waals surface area contributed by atoms with Crippen LogP contribution in [0.25, 0.3) is 0 Å². The Bertz CT molecular complexity index is 705. The third-order valence-corrected chi connectivity index (χ3v) is 4.58. The number of piperidine rings is 1. The molecule has 0 radical (unpaired) electrons. The molecule has 1 unspecified atom stereocenters. The number of benzene rings is 2. The summed E-state index contributed by atoms with van der Waals surface area (Å²) in [5.74, 6) is -0.371. The third-order valence-electron chi connectivity index (χ3n) is 4.36. The molecule has 24 heavy (non-hydrogen) atoms. The van der Waals surface area contributed by atoms with Gasteiger partial charge in [-0.05, 0) is 43.1 Å². The van der Waals surface area contributed by atoms with Gasteiger partial charge in [-0.25, -0.2) is 4.39 Å². The van der Waals surface area contributed by atoms with E-state index in [9.17, 15) is 4.39 Å². The Morgan fingerprint density at radius 1 is 1.25 bits per heavy atom. The fourth-order valence-electron chi connectivity index (χ4n) is 3.20. The number of anilines is 1. The summed E-state index contributed by atoms with van der Waals surface area (Å²) >= 11 is 4.84. The molecule has 5 heteroatoms. The van der Waals surface area contributed by atoms with Crippen molar-refractivity contribution in [1.82, 2.24) is 4.90 Å². The van der Waals surface area contributed by atoms with Crippen LogP contribution in [0.4, 0.5) is 10.1 Å². The molecule has 2 aromatic carbocycles. The van der Waals surface area contributed by atoms with E-state index in [1.54, 1.807) is 6.07 Å². The summed E-state index contributed by atoms with van der Waals surface area (Å²) in [6.45, 7) is 3.00. The normalized spacial score (nSPS) is 18.3. The first-order valence-corrected chi connectivity index (χ1v) is 8.65. The highest BCUT2D eigenvalue weighted by atomic mass is 32.1. The van der Waals surface area contributed by atoms with Crippen molar-refractivity contribution in [3.05, 3.63) is 65.5 Å². The van der Waals surface area contributed by atoms with Crippen LogP contribution in [0.15, 0.2) is 48.5 Å². The van der Waals surface area contributed by atoms with Crippen molar-refractivity contribution in [2.75, 3.05) is 18.4 Å². The SMILES string of the molecule is NC(=S)c1ccc(NC2CCCN(Cc3ccccc3)C2)cc1F.